The summed E-state index contributed by atoms with van der Waals surface area (Å²) in [5.74, 6) is 0.143. The topological polar surface area (TPSA) is 50.8 Å². The van der Waals surface area contributed by atoms with Crippen LogP contribution in [0.3, 0.4) is 0 Å². The maximum Gasteiger partial charge on any atom is 0.573 e. The number of benzene rings is 1. The number of alkyl halides is 3. The Morgan fingerprint density at radius 2 is 1.89 bits per heavy atom. The number of hydrogen-bond donors (Lipinski definition) is 1. The van der Waals surface area contributed by atoms with Gasteiger partial charge in [-0.05, 0) is 70.3 Å². The largest absolute Gasteiger partial charge is 0.573 e. The molecule has 0 spiro atoms. The van der Waals surface area contributed by atoms with E-state index in [1.54, 1.807) is 6.07 Å². The zero-order valence-electron chi connectivity index (χ0n) is 16.2. The molecule has 28 heavy (non-hydrogen) atoms. The normalized spacial score (nSPS) is 16.7. The minimum Gasteiger partial charge on any atom is -0.444 e. The molecule has 1 aromatic carbocycles. The van der Waals surface area contributed by atoms with Gasteiger partial charge in [0.15, 0.2) is 0 Å². The Balaban J connectivity index is 1.77. The summed E-state index contributed by atoms with van der Waals surface area (Å²) in [4.78, 5) is 14.0. The molecule has 1 amide bonds. The highest BCUT2D eigenvalue weighted by Crippen LogP contribution is 2.29. The Hall–Kier alpha value is -1.48. The van der Waals surface area contributed by atoms with Crippen LogP contribution in [0.25, 0.3) is 0 Å². The number of carbonyl (C=O) groups is 1. The standard InChI is InChI=1S/C19H26BrF3N2O3/c1-18(2,3)28-17(26)24-11-13-6-8-25(9-7-13)12-14-4-5-15(10-16(14)20)27-19(21,22)23/h4-5,10,13H,6-9,11-12H2,1-3H3,(H,24,26). The summed E-state index contributed by atoms with van der Waals surface area (Å²) in [7, 11) is 0. The van der Waals surface area contributed by atoms with Crippen LogP contribution in [0.5, 0.6) is 5.75 Å². The highest BCUT2D eigenvalue weighted by molar-refractivity contribution is 9.10. The fourth-order valence-corrected chi connectivity index (χ4v) is 3.47. The maximum atomic E-state index is 12.3. The first-order valence-electron chi connectivity index (χ1n) is 9.15. The molecule has 2 rings (SSSR count). The number of nitrogens with zero attached hydrogens (tertiary/aromatic N) is 1. The number of likely N-dealkylation sites (tertiary alicyclic amines) is 1. The van der Waals surface area contributed by atoms with Crippen LogP contribution in [-0.2, 0) is 11.3 Å². The highest BCUT2D eigenvalue weighted by Gasteiger charge is 2.31. The lowest BCUT2D eigenvalue weighted by Gasteiger charge is -2.32. The van der Waals surface area contributed by atoms with E-state index in [9.17, 15) is 18.0 Å². The van der Waals surface area contributed by atoms with E-state index in [2.05, 4.69) is 30.9 Å². The number of ether oxygens (including phenoxy) is 2. The molecule has 158 valence electrons. The summed E-state index contributed by atoms with van der Waals surface area (Å²) in [5.41, 5.74) is 0.390. The molecule has 0 radical (unpaired) electrons. The first-order valence-corrected chi connectivity index (χ1v) is 9.94. The van der Waals surface area contributed by atoms with Crippen LogP contribution in [0.15, 0.2) is 22.7 Å². The van der Waals surface area contributed by atoms with Crippen molar-refractivity contribution in [3.63, 3.8) is 0 Å². The highest BCUT2D eigenvalue weighted by atomic mass is 79.9. The Labute approximate surface area is 171 Å². The molecule has 1 aliphatic heterocycles. The predicted octanol–water partition coefficient (Wildman–Crippen LogP) is 5.08. The fourth-order valence-electron chi connectivity index (χ4n) is 2.98. The second kappa shape index (κ2) is 9.35. The number of halogens is 4. The Kier molecular flexibility index (Phi) is 7.61. The van der Waals surface area contributed by atoms with Crippen molar-refractivity contribution in [1.29, 1.82) is 0 Å². The number of amides is 1. The first kappa shape index (κ1) is 22.8. The van der Waals surface area contributed by atoms with Crippen LogP contribution >= 0.6 is 15.9 Å². The minimum absolute atomic E-state index is 0.241. The third-order valence-corrected chi connectivity index (χ3v) is 5.03. The fraction of sp³-hybridized carbons (Fsp3) is 0.632. The smallest absolute Gasteiger partial charge is 0.444 e. The number of hydrogen-bond acceptors (Lipinski definition) is 4. The molecule has 1 aromatic rings. The lowest BCUT2D eigenvalue weighted by molar-refractivity contribution is -0.274. The molecule has 0 atom stereocenters. The summed E-state index contributed by atoms with van der Waals surface area (Å²) in [6.45, 7) is 8.40. The summed E-state index contributed by atoms with van der Waals surface area (Å²) in [6.07, 6.45) is -3.23. The monoisotopic (exact) mass is 466 g/mol. The van der Waals surface area contributed by atoms with Gasteiger partial charge in [0.25, 0.3) is 0 Å². The molecule has 1 N–H and O–H groups in total. The molecule has 1 saturated heterocycles. The molecule has 1 fully saturated rings. The van der Waals surface area contributed by atoms with Crippen molar-refractivity contribution >= 4 is 22.0 Å². The van der Waals surface area contributed by atoms with Gasteiger partial charge in [0.1, 0.15) is 11.4 Å². The van der Waals surface area contributed by atoms with Crippen molar-refractivity contribution in [3.8, 4) is 5.75 Å². The molecule has 1 aliphatic rings. The minimum atomic E-state index is -4.70. The van der Waals surface area contributed by atoms with Crippen LogP contribution in [0.2, 0.25) is 0 Å². The van der Waals surface area contributed by atoms with Gasteiger partial charge in [-0.15, -0.1) is 13.2 Å². The predicted molar refractivity (Wildman–Crippen MR) is 103 cm³/mol. The third-order valence-electron chi connectivity index (χ3n) is 4.29. The number of rotatable bonds is 5. The van der Waals surface area contributed by atoms with E-state index in [1.807, 2.05) is 20.8 Å². The molecule has 0 bridgehead atoms. The van der Waals surface area contributed by atoms with Crippen molar-refractivity contribution in [2.24, 2.45) is 5.92 Å². The third kappa shape index (κ3) is 8.26. The number of alkyl carbamates (subject to hydrolysis) is 1. The number of carbonyl (C=O) groups excluding carboxylic acids is 1. The van der Waals surface area contributed by atoms with Gasteiger partial charge < -0.3 is 14.8 Å². The van der Waals surface area contributed by atoms with E-state index in [0.717, 1.165) is 31.5 Å². The van der Waals surface area contributed by atoms with E-state index in [0.29, 0.717) is 23.5 Å². The summed E-state index contributed by atoms with van der Waals surface area (Å²) in [6, 6.07) is 4.30. The second-order valence-electron chi connectivity index (χ2n) is 7.90. The van der Waals surface area contributed by atoms with E-state index >= 15 is 0 Å². The molecule has 0 unspecified atom stereocenters. The van der Waals surface area contributed by atoms with Gasteiger partial charge in [0, 0.05) is 17.6 Å². The molecule has 5 nitrogen and oxygen atoms in total. The average Bonchev–Trinajstić information content (AvgIpc) is 2.54. The van der Waals surface area contributed by atoms with Gasteiger partial charge in [0.2, 0.25) is 0 Å². The van der Waals surface area contributed by atoms with Gasteiger partial charge in [-0.25, -0.2) is 4.79 Å². The van der Waals surface area contributed by atoms with Gasteiger partial charge in [-0.3, -0.25) is 4.90 Å². The lowest BCUT2D eigenvalue weighted by atomic mass is 9.96. The van der Waals surface area contributed by atoms with Crippen LogP contribution in [-0.4, -0.2) is 42.6 Å². The van der Waals surface area contributed by atoms with E-state index in [-0.39, 0.29) is 5.75 Å². The van der Waals surface area contributed by atoms with Crippen LogP contribution < -0.4 is 10.1 Å². The van der Waals surface area contributed by atoms with Crippen LogP contribution in [0, 0.1) is 5.92 Å². The maximum absolute atomic E-state index is 12.3. The van der Waals surface area contributed by atoms with Gasteiger partial charge in [0.05, 0.1) is 0 Å². The molecular weight excluding hydrogens is 441 g/mol. The molecule has 0 saturated carbocycles. The number of piperidine rings is 1. The van der Waals surface area contributed by atoms with Crippen molar-refractivity contribution in [1.82, 2.24) is 10.2 Å². The summed E-state index contributed by atoms with van der Waals surface area (Å²) < 4.78 is 46.6. The SMILES string of the molecule is CC(C)(C)OC(=O)NCC1CCN(Cc2ccc(OC(F)(F)F)cc2Br)CC1. The zero-order chi connectivity index (χ0) is 20.9. The summed E-state index contributed by atoms with van der Waals surface area (Å²) >= 11 is 3.32. The van der Waals surface area contributed by atoms with Crippen molar-refractivity contribution in [2.45, 2.75) is 52.1 Å². The summed E-state index contributed by atoms with van der Waals surface area (Å²) in [5, 5.41) is 2.81. The zero-order valence-corrected chi connectivity index (χ0v) is 17.8. The van der Waals surface area contributed by atoms with Crippen molar-refractivity contribution in [3.05, 3.63) is 28.2 Å². The van der Waals surface area contributed by atoms with E-state index in [1.165, 1.54) is 12.1 Å². The molecule has 0 aliphatic carbocycles. The van der Waals surface area contributed by atoms with Gasteiger partial charge in [-0.2, -0.15) is 0 Å². The molecule has 1 heterocycles. The van der Waals surface area contributed by atoms with E-state index < -0.39 is 18.1 Å². The van der Waals surface area contributed by atoms with Crippen molar-refractivity contribution in [2.75, 3.05) is 19.6 Å². The van der Waals surface area contributed by atoms with Crippen LogP contribution in [0.1, 0.15) is 39.2 Å². The molecular formula is C19H26BrF3N2O3. The molecule has 0 aromatic heterocycles. The Morgan fingerprint density at radius 3 is 2.43 bits per heavy atom. The second-order valence-corrected chi connectivity index (χ2v) is 8.76. The first-order chi connectivity index (χ1) is 12.9. The van der Waals surface area contributed by atoms with Gasteiger partial charge >= 0.3 is 12.5 Å². The Morgan fingerprint density at radius 1 is 1.25 bits per heavy atom. The Bertz CT molecular complexity index is 669. The molecule has 9 heteroatoms. The van der Waals surface area contributed by atoms with Gasteiger partial charge in [-0.1, -0.05) is 22.0 Å². The lowest BCUT2D eigenvalue weighted by Crippen LogP contribution is -2.40. The quantitative estimate of drug-likeness (QED) is 0.656. The van der Waals surface area contributed by atoms with Crippen molar-refractivity contribution < 1.29 is 27.4 Å². The average molecular weight is 467 g/mol. The van der Waals surface area contributed by atoms with Crippen LogP contribution in [0.4, 0.5) is 18.0 Å². The number of nitrogens with one attached hydrogen (secondary N) is 1. The van der Waals surface area contributed by atoms with E-state index in [4.69, 9.17) is 4.74 Å².